The van der Waals surface area contributed by atoms with Gasteiger partial charge in [0.1, 0.15) is 5.69 Å². The molecule has 2 aromatic heterocycles. The fourth-order valence-corrected chi connectivity index (χ4v) is 3.58. The maximum atomic E-state index is 11.8. The van der Waals surface area contributed by atoms with Crippen LogP contribution in [0.25, 0.3) is 22.7 Å². The monoisotopic (exact) mass is 421 g/mol. The summed E-state index contributed by atoms with van der Waals surface area (Å²) in [6, 6.07) is 8.69. The fraction of sp³-hybridized carbons (Fsp3) is 0.300. The first-order valence-electron chi connectivity index (χ1n) is 8.92. The Morgan fingerprint density at radius 3 is 2.75 bits per heavy atom. The van der Waals surface area contributed by atoms with Gasteiger partial charge in [-0.1, -0.05) is 28.4 Å². The van der Waals surface area contributed by atoms with Crippen LogP contribution in [-0.4, -0.2) is 28.8 Å². The second kappa shape index (κ2) is 8.82. The van der Waals surface area contributed by atoms with E-state index in [0.29, 0.717) is 52.4 Å². The number of benzene rings is 1. The average molecular weight is 422 g/mol. The molecule has 8 heteroatoms. The Morgan fingerprint density at radius 1 is 1.29 bits per heavy atom. The van der Waals surface area contributed by atoms with Crippen molar-refractivity contribution in [2.45, 2.75) is 26.8 Å². The second-order valence-corrected chi connectivity index (χ2v) is 7.14. The molecule has 0 saturated carbocycles. The quantitative estimate of drug-likeness (QED) is 0.521. The zero-order chi connectivity index (χ0) is 20.3. The normalized spacial score (nSPS) is 11.1. The zero-order valence-electron chi connectivity index (χ0n) is 15.7. The molecule has 6 nitrogen and oxygen atoms in total. The predicted octanol–water partition coefficient (Wildman–Crippen LogP) is 4.95. The van der Waals surface area contributed by atoms with Gasteiger partial charge in [0.05, 0.1) is 16.3 Å². The summed E-state index contributed by atoms with van der Waals surface area (Å²) in [6.45, 7) is 5.76. The standard InChI is InChI=1S/C20H21Cl2N3O3/c1-3-27-8-4-7-25-12(2)15(20(23)26)10-18(25)19-11-17(24-28-19)14-6-5-13(21)9-16(14)22/h5-6,9-11H,3-4,7-8H2,1-2H3,(H2,23,26). The highest BCUT2D eigenvalue weighted by Crippen LogP contribution is 2.33. The van der Waals surface area contributed by atoms with E-state index in [-0.39, 0.29) is 0 Å². The van der Waals surface area contributed by atoms with E-state index in [1.807, 2.05) is 18.4 Å². The molecule has 2 heterocycles. The Labute approximate surface area is 173 Å². The van der Waals surface area contributed by atoms with Gasteiger partial charge in [-0.2, -0.15) is 0 Å². The van der Waals surface area contributed by atoms with E-state index in [1.165, 1.54) is 0 Å². The summed E-state index contributed by atoms with van der Waals surface area (Å²) in [5.74, 6) is 0.0378. The minimum Gasteiger partial charge on any atom is -0.382 e. The molecule has 3 rings (SSSR count). The van der Waals surface area contributed by atoms with Crippen LogP contribution in [0.5, 0.6) is 0 Å². The van der Waals surface area contributed by atoms with E-state index >= 15 is 0 Å². The Kier molecular flexibility index (Phi) is 6.44. The summed E-state index contributed by atoms with van der Waals surface area (Å²) in [4.78, 5) is 11.8. The number of amides is 1. The van der Waals surface area contributed by atoms with Gasteiger partial charge in [-0.15, -0.1) is 0 Å². The predicted molar refractivity (Wildman–Crippen MR) is 110 cm³/mol. The third kappa shape index (κ3) is 4.24. The molecule has 1 aromatic carbocycles. The molecule has 1 amide bonds. The summed E-state index contributed by atoms with van der Waals surface area (Å²) < 4.78 is 13.0. The van der Waals surface area contributed by atoms with Crippen LogP contribution in [0.15, 0.2) is 34.9 Å². The number of ether oxygens (including phenoxy) is 1. The summed E-state index contributed by atoms with van der Waals surface area (Å²) in [6.07, 6.45) is 0.790. The van der Waals surface area contributed by atoms with E-state index in [1.54, 1.807) is 30.3 Å². The molecule has 0 aliphatic heterocycles. The van der Waals surface area contributed by atoms with E-state index in [2.05, 4.69) is 5.16 Å². The zero-order valence-corrected chi connectivity index (χ0v) is 17.2. The first-order valence-corrected chi connectivity index (χ1v) is 9.68. The summed E-state index contributed by atoms with van der Waals surface area (Å²) in [7, 11) is 0. The SMILES string of the molecule is CCOCCCn1c(-c2cc(-c3ccc(Cl)cc3Cl)no2)cc(C(N)=O)c1C. The molecule has 0 bridgehead atoms. The molecule has 0 aliphatic carbocycles. The maximum absolute atomic E-state index is 11.8. The van der Waals surface area contributed by atoms with Crippen molar-refractivity contribution in [3.05, 3.63) is 51.6 Å². The summed E-state index contributed by atoms with van der Waals surface area (Å²) in [5.41, 5.74) is 8.78. The van der Waals surface area contributed by atoms with Crippen LogP contribution in [0.4, 0.5) is 0 Å². The van der Waals surface area contributed by atoms with Crippen LogP contribution in [0.1, 0.15) is 29.4 Å². The van der Waals surface area contributed by atoms with Gasteiger partial charge >= 0.3 is 0 Å². The van der Waals surface area contributed by atoms with Crippen LogP contribution in [0.3, 0.4) is 0 Å². The number of rotatable bonds is 8. The van der Waals surface area contributed by atoms with Crippen LogP contribution in [0.2, 0.25) is 10.0 Å². The van der Waals surface area contributed by atoms with Crippen LogP contribution < -0.4 is 5.73 Å². The second-order valence-electron chi connectivity index (χ2n) is 6.30. The van der Waals surface area contributed by atoms with Gasteiger partial charge in [-0.3, -0.25) is 4.79 Å². The molecule has 0 aliphatic rings. The number of carbonyl (C=O) groups is 1. The lowest BCUT2D eigenvalue weighted by atomic mass is 10.1. The lowest BCUT2D eigenvalue weighted by Crippen LogP contribution is -2.13. The van der Waals surface area contributed by atoms with E-state index in [9.17, 15) is 4.79 Å². The van der Waals surface area contributed by atoms with Gasteiger partial charge < -0.3 is 19.6 Å². The summed E-state index contributed by atoms with van der Waals surface area (Å²) in [5, 5.41) is 5.16. The maximum Gasteiger partial charge on any atom is 0.250 e. The topological polar surface area (TPSA) is 83.3 Å². The van der Waals surface area contributed by atoms with Gasteiger partial charge in [0, 0.05) is 42.1 Å². The van der Waals surface area contributed by atoms with Crippen LogP contribution >= 0.6 is 23.2 Å². The Hall–Kier alpha value is -2.28. The van der Waals surface area contributed by atoms with Crippen molar-refractivity contribution in [3.63, 3.8) is 0 Å². The number of halogens is 2. The highest BCUT2D eigenvalue weighted by molar-refractivity contribution is 6.36. The molecule has 0 radical (unpaired) electrons. The minimum absolute atomic E-state index is 0.453. The largest absolute Gasteiger partial charge is 0.382 e. The first-order chi connectivity index (χ1) is 13.4. The lowest BCUT2D eigenvalue weighted by Gasteiger charge is -2.10. The summed E-state index contributed by atoms with van der Waals surface area (Å²) >= 11 is 12.2. The van der Waals surface area contributed by atoms with Gasteiger partial charge in [0.15, 0.2) is 5.76 Å². The number of carbonyl (C=O) groups excluding carboxylic acids is 1. The molecule has 0 atom stereocenters. The number of primary amides is 1. The van der Waals surface area contributed by atoms with Gasteiger partial charge in [0.2, 0.25) is 0 Å². The number of hydrogen-bond donors (Lipinski definition) is 1. The third-order valence-electron chi connectivity index (χ3n) is 4.48. The molecule has 28 heavy (non-hydrogen) atoms. The van der Waals surface area contributed by atoms with Crippen molar-refractivity contribution < 1.29 is 14.1 Å². The van der Waals surface area contributed by atoms with Crippen molar-refractivity contribution in [2.24, 2.45) is 5.73 Å². The first kappa shape index (κ1) is 20.5. The van der Waals surface area contributed by atoms with E-state index < -0.39 is 5.91 Å². The van der Waals surface area contributed by atoms with Crippen LogP contribution in [0, 0.1) is 6.92 Å². The van der Waals surface area contributed by atoms with Crippen molar-refractivity contribution in [1.82, 2.24) is 9.72 Å². The molecule has 0 fully saturated rings. The Balaban J connectivity index is 1.97. The van der Waals surface area contributed by atoms with Crippen molar-refractivity contribution in [1.29, 1.82) is 0 Å². The number of nitrogens with zero attached hydrogens (tertiary/aromatic N) is 2. The Morgan fingerprint density at radius 2 is 2.07 bits per heavy atom. The molecule has 0 spiro atoms. The number of aromatic nitrogens is 2. The van der Waals surface area contributed by atoms with Crippen molar-refractivity contribution >= 4 is 29.1 Å². The fourth-order valence-electron chi connectivity index (χ4n) is 3.08. The van der Waals surface area contributed by atoms with Gasteiger partial charge in [-0.25, -0.2) is 0 Å². The van der Waals surface area contributed by atoms with Crippen LogP contribution in [-0.2, 0) is 11.3 Å². The molecular formula is C20H21Cl2N3O3. The molecule has 0 saturated heterocycles. The molecule has 2 N–H and O–H groups in total. The van der Waals surface area contributed by atoms with Gasteiger partial charge in [-0.05, 0) is 44.5 Å². The molecule has 148 valence electrons. The molecule has 0 unspecified atom stereocenters. The lowest BCUT2D eigenvalue weighted by molar-refractivity contribution is 0.0999. The third-order valence-corrected chi connectivity index (χ3v) is 5.02. The van der Waals surface area contributed by atoms with E-state index in [0.717, 1.165) is 17.8 Å². The van der Waals surface area contributed by atoms with Gasteiger partial charge in [0.25, 0.3) is 5.91 Å². The van der Waals surface area contributed by atoms with Crippen molar-refractivity contribution in [3.8, 4) is 22.7 Å². The molecule has 3 aromatic rings. The van der Waals surface area contributed by atoms with E-state index in [4.69, 9.17) is 38.2 Å². The molecular weight excluding hydrogens is 401 g/mol. The minimum atomic E-state index is -0.484. The highest BCUT2D eigenvalue weighted by atomic mass is 35.5. The average Bonchev–Trinajstić information content (AvgIpc) is 3.24. The van der Waals surface area contributed by atoms with Crippen molar-refractivity contribution in [2.75, 3.05) is 13.2 Å². The Bertz CT molecular complexity index is 995. The smallest absolute Gasteiger partial charge is 0.250 e. The highest BCUT2D eigenvalue weighted by Gasteiger charge is 2.20. The number of hydrogen-bond acceptors (Lipinski definition) is 4. The number of nitrogens with two attached hydrogens (primary N) is 1.